The molecule has 2 amide bonds. The van der Waals surface area contributed by atoms with E-state index in [4.69, 9.17) is 0 Å². The van der Waals surface area contributed by atoms with Crippen LogP contribution in [0.4, 0.5) is 4.79 Å². The third-order valence-corrected chi connectivity index (χ3v) is 4.08. The van der Waals surface area contributed by atoms with Gasteiger partial charge in [0.05, 0.1) is 6.04 Å². The van der Waals surface area contributed by atoms with E-state index < -0.39 is 0 Å². The Labute approximate surface area is 131 Å². The Morgan fingerprint density at radius 1 is 1.00 bits per heavy atom. The number of benzene rings is 2. The first-order valence-corrected chi connectivity index (χ1v) is 7.96. The van der Waals surface area contributed by atoms with Crippen LogP contribution in [0.5, 0.6) is 0 Å². The fraction of sp³-hybridized carbons (Fsp3) is 0.316. The number of rotatable bonds is 6. The molecule has 3 heteroatoms. The Hall–Kier alpha value is -2.29. The van der Waals surface area contributed by atoms with Gasteiger partial charge in [0.2, 0.25) is 0 Å². The van der Waals surface area contributed by atoms with E-state index in [-0.39, 0.29) is 12.1 Å². The lowest BCUT2D eigenvalue weighted by Gasteiger charge is -2.19. The molecule has 0 radical (unpaired) electrons. The molecular formula is C19H22N2O. The number of amides is 2. The van der Waals surface area contributed by atoms with Crippen LogP contribution in [0.15, 0.2) is 60.7 Å². The average molecular weight is 294 g/mol. The highest BCUT2D eigenvalue weighted by Crippen LogP contribution is 2.40. The van der Waals surface area contributed by atoms with Crippen LogP contribution in [0.1, 0.15) is 30.0 Å². The minimum absolute atomic E-state index is 0.0725. The Morgan fingerprint density at radius 3 is 2.27 bits per heavy atom. The third kappa shape index (κ3) is 4.10. The fourth-order valence-electron chi connectivity index (χ4n) is 2.72. The molecule has 1 aliphatic rings. The molecule has 3 nitrogen and oxygen atoms in total. The molecule has 0 aromatic heterocycles. The van der Waals surface area contributed by atoms with Crippen LogP contribution in [-0.4, -0.2) is 12.6 Å². The first-order chi connectivity index (χ1) is 10.8. The number of hydrogen-bond donors (Lipinski definition) is 2. The molecule has 0 bridgehead atoms. The topological polar surface area (TPSA) is 41.1 Å². The van der Waals surface area contributed by atoms with Crippen LogP contribution in [-0.2, 0) is 6.42 Å². The van der Waals surface area contributed by atoms with Gasteiger partial charge in [-0.2, -0.15) is 0 Å². The normalized spacial score (nSPS) is 15.1. The summed E-state index contributed by atoms with van der Waals surface area (Å²) >= 11 is 0. The van der Waals surface area contributed by atoms with E-state index in [1.165, 1.54) is 24.0 Å². The van der Waals surface area contributed by atoms with Crippen LogP contribution in [0.3, 0.4) is 0 Å². The minimum atomic E-state index is -0.0725. The molecule has 2 aromatic carbocycles. The van der Waals surface area contributed by atoms with E-state index in [0.29, 0.717) is 12.5 Å². The van der Waals surface area contributed by atoms with Crippen molar-refractivity contribution in [3.8, 4) is 0 Å². The Morgan fingerprint density at radius 2 is 1.64 bits per heavy atom. The van der Waals surface area contributed by atoms with Gasteiger partial charge in [-0.3, -0.25) is 0 Å². The average Bonchev–Trinajstić information content (AvgIpc) is 3.39. The molecule has 0 spiro atoms. The minimum Gasteiger partial charge on any atom is -0.338 e. The smallest absolute Gasteiger partial charge is 0.315 e. The van der Waals surface area contributed by atoms with Gasteiger partial charge in [0, 0.05) is 6.54 Å². The van der Waals surface area contributed by atoms with Crippen molar-refractivity contribution in [3.05, 3.63) is 71.8 Å². The fourth-order valence-corrected chi connectivity index (χ4v) is 2.72. The van der Waals surface area contributed by atoms with Gasteiger partial charge in [0.1, 0.15) is 0 Å². The Bertz CT molecular complexity index is 593. The molecule has 0 saturated heterocycles. The van der Waals surface area contributed by atoms with Crippen molar-refractivity contribution in [1.29, 1.82) is 0 Å². The lowest BCUT2D eigenvalue weighted by atomic mass is 10.0. The van der Waals surface area contributed by atoms with Crippen molar-refractivity contribution in [2.75, 3.05) is 6.54 Å². The summed E-state index contributed by atoms with van der Waals surface area (Å²) in [6, 6.07) is 20.5. The second-order valence-corrected chi connectivity index (χ2v) is 5.86. The summed E-state index contributed by atoms with van der Waals surface area (Å²) in [4.78, 5) is 12.1. The molecule has 1 atom stereocenters. The predicted octanol–water partition coefficient (Wildman–Crippen LogP) is 3.68. The van der Waals surface area contributed by atoms with Crippen LogP contribution in [0, 0.1) is 5.92 Å². The van der Waals surface area contributed by atoms with E-state index >= 15 is 0 Å². The maximum atomic E-state index is 12.1. The van der Waals surface area contributed by atoms with Gasteiger partial charge in [-0.1, -0.05) is 60.7 Å². The first kappa shape index (κ1) is 14.6. The maximum absolute atomic E-state index is 12.1. The number of hydrogen-bond acceptors (Lipinski definition) is 1. The lowest BCUT2D eigenvalue weighted by molar-refractivity contribution is 0.235. The van der Waals surface area contributed by atoms with Crippen molar-refractivity contribution in [1.82, 2.24) is 10.6 Å². The largest absolute Gasteiger partial charge is 0.338 e. The zero-order valence-electron chi connectivity index (χ0n) is 12.7. The standard InChI is InChI=1S/C19H22N2O/c22-19(20-14-13-15-7-3-1-4-8-15)21-18(17-11-12-17)16-9-5-2-6-10-16/h1-10,17-18H,11-14H2,(H2,20,21,22). The molecule has 2 N–H and O–H groups in total. The van der Waals surface area contributed by atoms with Crippen molar-refractivity contribution < 1.29 is 4.79 Å². The Balaban J connectivity index is 1.49. The predicted molar refractivity (Wildman–Crippen MR) is 88.6 cm³/mol. The van der Waals surface area contributed by atoms with Gasteiger partial charge in [-0.15, -0.1) is 0 Å². The third-order valence-electron chi connectivity index (χ3n) is 4.08. The SMILES string of the molecule is O=C(NCCc1ccccc1)NC(c1ccccc1)C1CC1. The van der Waals surface area contributed by atoms with Gasteiger partial charge < -0.3 is 10.6 Å². The van der Waals surface area contributed by atoms with Crippen LogP contribution in [0.2, 0.25) is 0 Å². The summed E-state index contributed by atoms with van der Waals surface area (Å²) in [7, 11) is 0. The lowest BCUT2D eigenvalue weighted by Crippen LogP contribution is -2.39. The van der Waals surface area contributed by atoms with Crippen LogP contribution >= 0.6 is 0 Å². The molecule has 1 saturated carbocycles. The summed E-state index contributed by atoms with van der Waals surface area (Å²) < 4.78 is 0. The summed E-state index contributed by atoms with van der Waals surface area (Å²) in [5.74, 6) is 0.585. The summed E-state index contributed by atoms with van der Waals surface area (Å²) in [6.45, 7) is 0.655. The highest BCUT2D eigenvalue weighted by Gasteiger charge is 2.33. The second-order valence-electron chi connectivity index (χ2n) is 5.86. The monoisotopic (exact) mass is 294 g/mol. The molecule has 114 valence electrons. The van der Waals surface area contributed by atoms with E-state index in [9.17, 15) is 4.79 Å². The summed E-state index contributed by atoms with van der Waals surface area (Å²) in [6.07, 6.45) is 3.25. The number of nitrogens with one attached hydrogen (secondary N) is 2. The van der Waals surface area contributed by atoms with E-state index in [0.717, 1.165) is 6.42 Å². The number of urea groups is 1. The molecular weight excluding hydrogens is 272 g/mol. The van der Waals surface area contributed by atoms with Gasteiger partial charge in [0.25, 0.3) is 0 Å². The van der Waals surface area contributed by atoms with Gasteiger partial charge in [0.15, 0.2) is 0 Å². The molecule has 0 aliphatic heterocycles. The molecule has 1 unspecified atom stereocenters. The number of carbonyl (C=O) groups excluding carboxylic acids is 1. The van der Waals surface area contributed by atoms with E-state index in [2.05, 4.69) is 34.9 Å². The van der Waals surface area contributed by atoms with Gasteiger partial charge >= 0.3 is 6.03 Å². The maximum Gasteiger partial charge on any atom is 0.315 e. The van der Waals surface area contributed by atoms with Crippen LogP contribution in [0.25, 0.3) is 0 Å². The second kappa shape index (κ2) is 7.12. The van der Waals surface area contributed by atoms with E-state index in [1.54, 1.807) is 0 Å². The first-order valence-electron chi connectivity index (χ1n) is 7.96. The molecule has 0 heterocycles. The summed E-state index contributed by atoms with van der Waals surface area (Å²) in [5.41, 5.74) is 2.44. The van der Waals surface area contributed by atoms with Crippen molar-refractivity contribution in [2.45, 2.75) is 25.3 Å². The number of carbonyl (C=O) groups is 1. The zero-order chi connectivity index (χ0) is 15.2. The van der Waals surface area contributed by atoms with Gasteiger partial charge in [-0.05, 0) is 36.3 Å². The molecule has 1 aliphatic carbocycles. The molecule has 22 heavy (non-hydrogen) atoms. The van der Waals surface area contributed by atoms with Crippen LogP contribution < -0.4 is 10.6 Å². The zero-order valence-corrected chi connectivity index (χ0v) is 12.7. The van der Waals surface area contributed by atoms with Crippen molar-refractivity contribution in [3.63, 3.8) is 0 Å². The van der Waals surface area contributed by atoms with Crippen molar-refractivity contribution >= 4 is 6.03 Å². The molecule has 2 aromatic rings. The quantitative estimate of drug-likeness (QED) is 0.838. The molecule has 3 rings (SSSR count). The summed E-state index contributed by atoms with van der Waals surface area (Å²) in [5, 5.41) is 6.10. The van der Waals surface area contributed by atoms with E-state index in [1.807, 2.05) is 36.4 Å². The highest BCUT2D eigenvalue weighted by atomic mass is 16.2. The highest BCUT2D eigenvalue weighted by molar-refractivity contribution is 5.74. The Kier molecular flexibility index (Phi) is 4.74. The van der Waals surface area contributed by atoms with Gasteiger partial charge in [-0.25, -0.2) is 4.79 Å². The molecule has 1 fully saturated rings. The van der Waals surface area contributed by atoms with Crippen molar-refractivity contribution in [2.24, 2.45) is 5.92 Å².